The van der Waals surface area contributed by atoms with Gasteiger partial charge in [-0.05, 0) is 30.0 Å². The van der Waals surface area contributed by atoms with E-state index >= 15 is 0 Å². The third kappa shape index (κ3) is 2.16. The van der Waals surface area contributed by atoms with Crippen LogP contribution in [0.5, 0.6) is 0 Å². The number of hydrogen-bond donors (Lipinski definition) is 0. The first-order valence-electron chi connectivity index (χ1n) is 4.60. The van der Waals surface area contributed by atoms with E-state index < -0.39 is 0 Å². The van der Waals surface area contributed by atoms with E-state index in [4.69, 9.17) is 0 Å². The molecule has 1 aromatic heterocycles. The quantitative estimate of drug-likeness (QED) is 0.691. The zero-order chi connectivity index (χ0) is 10.7. The van der Waals surface area contributed by atoms with Gasteiger partial charge in [0.05, 0.1) is 0 Å². The van der Waals surface area contributed by atoms with Crippen molar-refractivity contribution >= 4 is 17.2 Å². The highest BCUT2D eigenvalue weighted by molar-refractivity contribution is 7.13. The van der Waals surface area contributed by atoms with E-state index in [0.29, 0.717) is 5.56 Å². The molecule has 2 aromatic rings. The smallest absolute Gasteiger partial charge is 0.126 e. The fourth-order valence-corrected chi connectivity index (χ4v) is 2.09. The van der Waals surface area contributed by atoms with Crippen LogP contribution in [0.1, 0.15) is 5.56 Å². The van der Waals surface area contributed by atoms with Crippen molar-refractivity contribution < 1.29 is 4.39 Å². The molecule has 2 rings (SSSR count). The Morgan fingerprint density at radius 1 is 1.20 bits per heavy atom. The average molecular weight is 217 g/mol. The largest absolute Gasteiger partial charge is 0.207 e. The van der Waals surface area contributed by atoms with E-state index in [1.54, 1.807) is 23.5 Å². The van der Waals surface area contributed by atoms with Crippen LogP contribution in [0.25, 0.3) is 16.3 Å². The van der Waals surface area contributed by atoms with Gasteiger partial charge in [-0.3, -0.25) is 0 Å². The molecule has 0 nitrogen and oxygen atoms in total. The van der Waals surface area contributed by atoms with Crippen molar-refractivity contribution in [3.05, 3.63) is 60.3 Å². The van der Waals surface area contributed by atoms with Gasteiger partial charge in [-0.1, -0.05) is 30.3 Å². The molecule has 0 atom stereocenters. The fraction of sp³-hybridized carbons (Fsp3) is 0. The second kappa shape index (κ2) is 4.41. The van der Waals surface area contributed by atoms with Crippen LogP contribution in [0.15, 0.2) is 47.9 Å². The first-order chi connectivity index (χ1) is 7.31. The van der Waals surface area contributed by atoms with Gasteiger partial charge in [0.2, 0.25) is 0 Å². The highest BCUT2D eigenvalue weighted by Crippen LogP contribution is 2.26. The zero-order valence-corrected chi connectivity index (χ0v) is 8.93. The number of allylic oxidation sites excluding steroid dienone is 1. The van der Waals surface area contributed by atoms with Crippen LogP contribution in [0, 0.1) is 6.92 Å². The SMILES string of the molecule is [CH2]/C=C(/F)c1ccc(-c2cccs2)cc1. The third-order valence-electron chi connectivity index (χ3n) is 2.15. The van der Waals surface area contributed by atoms with Gasteiger partial charge in [-0.15, -0.1) is 11.3 Å². The van der Waals surface area contributed by atoms with Crippen LogP contribution in [0.2, 0.25) is 0 Å². The predicted octanol–water partition coefficient (Wildman–Crippen LogP) is 4.56. The molecule has 0 bridgehead atoms. The summed E-state index contributed by atoms with van der Waals surface area (Å²) < 4.78 is 13.1. The number of halogens is 1. The maximum absolute atomic E-state index is 13.1. The lowest BCUT2D eigenvalue weighted by molar-refractivity contribution is 0.760. The van der Waals surface area contributed by atoms with Crippen molar-refractivity contribution in [3.8, 4) is 10.4 Å². The van der Waals surface area contributed by atoms with Crippen LogP contribution < -0.4 is 0 Å². The van der Waals surface area contributed by atoms with Gasteiger partial charge < -0.3 is 0 Å². The van der Waals surface area contributed by atoms with Crippen LogP contribution in [0.3, 0.4) is 0 Å². The molecule has 0 aliphatic heterocycles. The van der Waals surface area contributed by atoms with E-state index in [1.807, 2.05) is 29.6 Å². The summed E-state index contributed by atoms with van der Waals surface area (Å²) in [5.74, 6) is -0.285. The molecule has 0 saturated heterocycles. The zero-order valence-electron chi connectivity index (χ0n) is 8.11. The highest BCUT2D eigenvalue weighted by Gasteiger charge is 2.01. The van der Waals surface area contributed by atoms with Gasteiger partial charge in [-0.2, -0.15) is 0 Å². The monoisotopic (exact) mass is 217 g/mol. The van der Waals surface area contributed by atoms with Crippen LogP contribution in [0.4, 0.5) is 4.39 Å². The van der Waals surface area contributed by atoms with Gasteiger partial charge in [-0.25, -0.2) is 4.39 Å². The average Bonchev–Trinajstić information content (AvgIpc) is 2.82. The van der Waals surface area contributed by atoms with E-state index in [1.165, 1.54) is 11.0 Å². The van der Waals surface area contributed by atoms with Gasteiger partial charge in [0, 0.05) is 10.4 Å². The Bertz CT molecular complexity index is 452. The standard InChI is InChI=1S/C13H10FS/c1-2-12(14)10-5-7-11(8-6-10)13-4-3-9-15-13/h2-9H,1H2/b12-2+. The number of rotatable bonds is 2. The van der Waals surface area contributed by atoms with Gasteiger partial charge >= 0.3 is 0 Å². The molecule has 15 heavy (non-hydrogen) atoms. The molecule has 1 aromatic carbocycles. The van der Waals surface area contributed by atoms with E-state index in [9.17, 15) is 4.39 Å². The lowest BCUT2D eigenvalue weighted by Crippen LogP contribution is -1.78. The minimum atomic E-state index is -0.285. The Morgan fingerprint density at radius 2 is 1.93 bits per heavy atom. The Kier molecular flexibility index (Phi) is 2.97. The van der Waals surface area contributed by atoms with E-state index in [0.717, 1.165) is 5.56 Å². The molecule has 0 spiro atoms. The molecule has 0 amide bonds. The summed E-state index contributed by atoms with van der Waals surface area (Å²) in [6, 6.07) is 11.4. The summed E-state index contributed by atoms with van der Waals surface area (Å²) in [4.78, 5) is 1.19. The molecular formula is C13H10FS. The number of benzene rings is 1. The van der Waals surface area contributed by atoms with Gasteiger partial charge in [0.15, 0.2) is 0 Å². The number of hydrogen-bond acceptors (Lipinski definition) is 1. The summed E-state index contributed by atoms with van der Waals surface area (Å²) in [5.41, 5.74) is 1.69. The molecule has 0 aliphatic rings. The minimum Gasteiger partial charge on any atom is -0.207 e. The summed E-state index contributed by atoms with van der Waals surface area (Å²) in [5, 5.41) is 2.03. The molecule has 0 aliphatic carbocycles. The maximum atomic E-state index is 13.1. The molecule has 0 unspecified atom stereocenters. The summed E-state index contributed by atoms with van der Waals surface area (Å²) in [6.07, 6.45) is 1.22. The second-order valence-electron chi connectivity index (χ2n) is 3.11. The van der Waals surface area contributed by atoms with Crippen LogP contribution >= 0.6 is 11.3 Å². The Morgan fingerprint density at radius 3 is 2.47 bits per heavy atom. The minimum absolute atomic E-state index is 0.285. The lowest BCUT2D eigenvalue weighted by Gasteiger charge is -2.00. The first kappa shape index (κ1) is 10.1. The normalized spacial score (nSPS) is 11.7. The van der Waals surface area contributed by atoms with Gasteiger partial charge in [0.25, 0.3) is 0 Å². The van der Waals surface area contributed by atoms with E-state index in [-0.39, 0.29) is 5.83 Å². The van der Waals surface area contributed by atoms with Gasteiger partial charge in [0.1, 0.15) is 5.83 Å². The first-order valence-corrected chi connectivity index (χ1v) is 5.48. The molecular weight excluding hydrogens is 207 g/mol. The van der Waals surface area contributed by atoms with E-state index in [2.05, 4.69) is 6.92 Å². The van der Waals surface area contributed by atoms with Crippen molar-refractivity contribution in [2.24, 2.45) is 0 Å². The van der Waals surface area contributed by atoms with Crippen molar-refractivity contribution in [1.29, 1.82) is 0 Å². The third-order valence-corrected chi connectivity index (χ3v) is 3.06. The molecule has 0 saturated carbocycles. The van der Waals surface area contributed by atoms with Crippen molar-refractivity contribution in [1.82, 2.24) is 0 Å². The molecule has 2 heteroatoms. The summed E-state index contributed by atoms with van der Waals surface area (Å²) in [6.45, 7) is 3.40. The fourth-order valence-electron chi connectivity index (χ4n) is 1.35. The van der Waals surface area contributed by atoms with Crippen LogP contribution in [-0.2, 0) is 0 Å². The Labute approximate surface area is 92.7 Å². The number of thiophene rings is 1. The molecule has 1 radical (unpaired) electrons. The molecule has 0 fully saturated rings. The predicted molar refractivity (Wildman–Crippen MR) is 64.2 cm³/mol. The Hall–Kier alpha value is -1.41. The molecule has 1 heterocycles. The second-order valence-corrected chi connectivity index (χ2v) is 4.05. The molecule has 0 N–H and O–H groups in total. The summed E-state index contributed by atoms with van der Waals surface area (Å²) in [7, 11) is 0. The van der Waals surface area contributed by atoms with Crippen molar-refractivity contribution in [3.63, 3.8) is 0 Å². The van der Waals surface area contributed by atoms with Crippen molar-refractivity contribution in [2.75, 3.05) is 0 Å². The molecule has 75 valence electrons. The highest BCUT2D eigenvalue weighted by atomic mass is 32.1. The maximum Gasteiger partial charge on any atom is 0.126 e. The van der Waals surface area contributed by atoms with Crippen LogP contribution in [-0.4, -0.2) is 0 Å². The summed E-state index contributed by atoms with van der Waals surface area (Å²) >= 11 is 1.68. The lowest BCUT2D eigenvalue weighted by atomic mass is 10.1. The topological polar surface area (TPSA) is 0 Å². The Balaban J connectivity index is 2.33. The van der Waals surface area contributed by atoms with Crippen molar-refractivity contribution in [2.45, 2.75) is 0 Å².